The molecule has 9 atom stereocenters. The van der Waals surface area contributed by atoms with Crippen molar-refractivity contribution in [3.8, 4) is 0 Å². The number of nitrogens with zero attached hydrogens (tertiary/aromatic N) is 12. The van der Waals surface area contributed by atoms with Gasteiger partial charge in [-0.25, -0.2) is 15.0 Å². The standard InChI is InChI=1S/C24H37ClN5O8P.C19H27ClN5O6P.C14H21ClN5O6P/c1-6-35-39(32,36-7-2)14-34-21-15(37-17-10-8-9-11-33-17)12-16(38-21)30-13-26-18-19(27-22(31)24(3,4)5)28-23(25)29-20(18)30;1-6-29-32(27,30-7-2)11-28-13-9-8-12(31-13)25-10-21-14-15(22-17(26)19(3,4)5)23-18(20)24-16(14)25;1-3-24-27(22,25-4-2)7-23-13-8(21)5-9(26-13)20-6-17-10-11(16)18-14(15)19-12(10)20/h13,15-17,21H,6-12,14H2,1-5H3,(H,27,28,29,31);8-10,12-13H,6-7,11H2,1-5H3,(H,22,23,24,26);6,8-9,13,21H,3-5,7H2,1-2H3,(H2,16,18,19)/t15-,16+,17?,21-;12-,13+;8-,9+,13-/m010/s1. The van der Waals surface area contributed by atoms with Crippen LogP contribution in [-0.4, -0.2) is 178 Å². The van der Waals surface area contributed by atoms with Crippen LogP contribution >= 0.6 is 57.6 Å². The summed E-state index contributed by atoms with van der Waals surface area (Å²) in [5.41, 5.74) is 6.72. The molecule has 0 saturated carbocycles. The Morgan fingerprint density at radius 1 is 0.582 bits per heavy atom. The number of aliphatic hydroxyl groups is 1. The van der Waals surface area contributed by atoms with Crippen LogP contribution < -0.4 is 16.4 Å². The largest absolute Gasteiger partial charge is 0.388 e. The average Bonchev–Trinajstić information content (AvgIpc) is 1.62. The molecule has 4 aliphatic rings. The minimum Gasteiger partial charge on any atom is -0.388 e. The summed E-state index contributed by atoms with van der Waals surface area (Å²) in [5, 5.41) is 15.7. The minimum absolute atomic E-state index is 0.0255. The van der Waals surface area contributed by atoms with Crippen LogP contribution in [0.5, 0.6) is 0 Å². The van der Waals surface area contributed by atoms with Crippen LogP contribution in [0.1, 0.15) is 134 Å². The number of carbonyl (C=O) groups is 2. The third-order valence-electron chi connectivity index (χ3n) is 14.3. The smallest absolute Gasteiger partial charge is 0.356 e. The van der Waals surface area contributed by atoms with Crippen LogP contribution in [0.4, 0.5) is 17.5 Å². The first-order chi connectivity index (χ1) is 46.4. The van der Waals surface area contributed by atoms with E-state index in [-0.39, 0.29) is 110 Å². The van der Waals surface area contributed by atoms with Gasteiger partial charge in [-0.1, -0.05) is 41.5 Å². The van der Waals surface area contributed by atoms with Crippen molar-refractivity contribution in [1.29, 1.82) is 0 Å². The molecule has 6 aromatic rings. The molecule has 2 amide bonds. The molecule has 41 heteroatoms. The number of amides is 2. The molecule has 3 fully saturated rings. The molecule has 0 radical (unpaired) electrons. The van der Waals surface area contributed by atoms with Crippen LogP contribution in [0.3, 0.4) is 0 Å². The molecule has 0 spiro atoms. The molecule has 0 aliphatic carbocycles. The van der Waals surface area contributed by atoms with E-state index in [2.05, 4.69) is 55.5 Å². The van der Waals surface area contributed by atoms with E-state index >= 15 is 0 Å². The lowest BCUT2D eigenvalue weighted by Gasteiger charge is -2.28. The highest BCUT2D eigenvalue weighted by Crippen LogP contribution is 2.51. The second-order valence-electron chi connectivity index (χ2n) is 23.9. The van der Waals surface area contributed by atoms with E-state index in [1.54, 1.807) is 109 Å². The molecule has 35 nitrogen and oxygen atoms in total. The highest BCUT2D eigenvalue weighted by molar-refractivity contribution is 7.54. The number of ether oxygens (including phenoxy) is 8. The maximum Gasteiger partial charge on any atom is 0.356 e. The van der Waals surface area contributed by atoms with Crippen molar-refractivity contribution in [3.05, 3.63) is 47.0 Å². The molecule has 5 N–H and O–H groups in total. The number of nitrogen functional groups attached to an aromatic ring is 1. The van der Waals surface area contributed by atoms with E-state index in [1.807, 2.05) is 0 Å². The Balaban J connectivity index is 0.000000191. The first-order valence-electron chi connectivity index (χ1n) is 31.6. The Hall–Kier alpha value is -4.91. The normalized spacial score (nSPS) is 22.3. The first kappa shape index (κ1) is 78.8. The van der Waals surface area contributed by atoms with Gasteiger partial charge in [0.05, 0.1) is 58.6 Å². The number of halogens is 3. The van der Waals surface area contributed by atoms with Gasteiger partial charge in [0.2, 0.25) is 27.7 Å². The number of rotatable bonds is 28. The lowest BCUT2D eigenvalue weighted by molar-refractivity contribution is -0.236. The maximum atomic E-state index is 13.0. The number of fused-ring (bicyclic) bond motifs is 3. The fraction of sp³-hybridized carbons (Fsp3) is 0.667. The summed E-state index contributed by atoms with van der Waals surface area (Å²) in [6.45, 7) is 23.0. The quantitative estimate of drug-likeness (QED) is 0.0201. The van der Waals surface area contributed by atoms with E-state index in [4.69, 9.17) is 106 Å². The van der Waals surface area contributed by atoms with Gasteiger partial charge in [-0.15, -0.1) is 0 Å². The molecule has 0 aromatic carbocycles. The molecule has 1 unspecified atom stereocenters. The Morgan fingerprint density at radius 2 is 1.01 bits per heavy atom. The number of imidazole rings is 3. The maximum absolute atomic E-state index is 13.0. The molecule has 6 aromatic heterocycles. The van der Waals surface area contributed by atoms with Gasteiger partial charge in [0, 0.05) is 30.3 Å². The van der Waals surface area contributed by atoms with E-state index in [0.717, 1.165) is 19.3 Å². The number of aromatic nitrogens is 12. The second-order valence-corrected chi connectivity index (χ2v) is 30.9. The molecule has 10 heterocycles. The zero-order valence-electron chi connectivity index (χ0n) is 56.3. The minimum atomic E-state index is -3.49. The topological polar surface area (TPSA) is 416 Å². The summed E-state index contributed by atoms with van der Waals surface area (Å²) in [6.07, 6.45) is 3.83. The SMILES string of the molecule is CCOP(=O)(CO[C@@H]1C=C[C@H](n2cnc3c(NC(=O)C(C)(C)C)nc(Cl)nc32)O1)OCC.CCOP(=O)(CO[C@H]1O[C@@H](n2cnc3c(N)nc(Cl)nc32)C[C@@H]1O)OCC.CCOP(=O)(CO[C@H]1O[C@@H](n2cnc3c(NC(=O)C(C)(C)C)nc(Cl)nc32)C[C@@H]1OC1CCCCO1)OCC. The number of nitrogens with two attached hydrogens (primary N) is 1. The van der Waals surface area contributed by atoms with Crippen molar-refractivity contribution in [2.75, 3.05) is 81.7 Å². The third-order valence-corrected chi connectivity index (χ3v) is 20.1. The van der Waals surface area contributed by atoms with Gasteiger partial charge in [-0.2, -0.15) is 29.9 Å². The molecule has 3 saturated heterocycles. The van der Waals surface area contributed by atoms with Crippen molar-refractivity contribution < 1.29 is 93.4 Å². The molecule has 4 aliphatic heterocycles. The fourth-order valence-corrected chi connectivity index (χ4v) is 14.3. The predicted molar refractivity (Wildman–Crippen MR) is 357 cm³/mol. The van der Waals surface area contributed by atoms with E-state index in [9.17, 15) is 28.4 Å². The van der Waals surface area contributed by atoms with E-state index < -0.39 is 89.7 Å². The predicted octanol–water partition coefficient (Wildman–Crippen LogP) is 10.9. The Morgan fingerprint density at radius 3 is 1.49 bits per heavy atom. The molecular formula is C57H85Cl3N15O20P3. The molecule has 0 bridgehead atoms. The van der Waals surface area contributed by atoms with E-state index in [1.165, 1.54) is 19.0 Å². The number of carbonyl (C=O) groups excluding carboxylic acids is 2. The zero-order chi connectivity index (χ0) is 71.3. The number of nitrogens with one attached hydrogen (secondary N) is 2. The van der Waals surface area contributed by atoms with Crippen LogP contribution in [0.2, 0.25) is 15.9 Å². The van der Waals surface area contributed by atoms with Gasteiger partial charge in [0.1, 0.15) is 30.2 Å². The second kappa shape index (κ2) is 34.8. The summed E-state index contributed by atoms with van der Waals surface area (Å²) in [5.74, 6) is 0.0776. The number of hydrogen-bond acceptors (Lipinski definition) is 30. The van der Waals surface area contributed by atoms with Gasteiger partial charge in [0.25, 0.3) is 0 Å². The molecular weight excluding hydrogens is 1410 g/mol. The number of aliphatic hydroxyl groups excluding tert-OH is 1. The molecule has 10 rings (SSSR count). The lowest BCUT2D eigenvalue weighted by atomic mass is 9.96. The van der Waals surface area contributed by atoms with Crippen LogP contribution in [0.15, 0.2) is 31.1 Å². The van der Waals surface area contributed by atoms with Gasteiger partial charge in [0.15, 0.2) is 95.9 Å². The van der Waals surface area contributed by atoms with Crippen LogP contribution in [0, 0.1) is 10.8 Å². The monoisotopic (exact) mass is 1500 g/mol. The third kappa shape index (κ3) is 20.7. The van der Waals surface area contributed by atoms with Gasteiger partial charge in [-0.05, 0) is 108 Å². The van der Waals surface area contributed by atoms with Crippen molar-refractivity contribution in [1.82, 2.24) is 58.6 Å². The zero-order valence-corrected chi connectivity index (χ0v) is 61.3. The van der Waals surface area contributed by atoms with Crippen LogP contribution in [0.25, 0.3) is 33.5 Å². The Kier molecular flexibility index (Phi) is 28.0. The first-order valence-corrected chi connectivity index (χ1v) is 37.9. The summed E-state index contributed by atoms with van der Waals surface area (Å²) < 4.78 is 121. The highest BCUT2D eigenvalue weighted by atomic mass is 35.5. The van der Waals surface area contributed by atoms with Gasteiger partial charge in [-0.3, -0.25) is 37.0 Å². The number of hydrogen-bond donors (Lipinski definition) is 4. The molecule has 544 valence electrons. The number of anilines is 3. The summed E-state index contributed by atoms with van der Waals surface area (Å²) in [7, 11) is -10.3. The van der Waals surface area contributed by atoms with E-state index in [0.29, 0.717) is 46.5 Å². The fourth-order valence-electron chi connectivity index (χ4n) is 9.75. The highest BCUT2D eigenvalue weighted by Gasteiger charge is 2.43. The van der Waals surface area contributed by atoms with Crippen molar-refractivity contribution in [2.45, 2.75) is 171 Å². The Bertz CT molecular complexity index is 3830. The van der Waals surface area contributed by atoms with Crippen molar-refractivity contribution >= 4 is 120 Å². The van der Waals surface area contributed by atoms with Crippen molar-refractivity contribution in [3.63, 3.8) is 0 Å². The average molecular weight is 1500 g/mol. The summed E-state index contributed by atoms with van der Waals surface area (Å²) >= 11 is 18.2. The summed E-state index contributed by atoms with van der Waals surface area (Å²) in [4.78, 5) is 62.7. The van der Waals surface area contributed by atoms with Gasteiger partial charge < -0.3 is 86.5 Å². The summed E-state index contributed by atoms with van der Waals surface area (Å²) in [6, 6.07) is 0. The Labute approximate surface area is 580 Å². The van der Waals surface area contributed by atoms with Gasteiger partial charge >= 0.3 is 22.8 Å². The molecule has 98 heavy (non-hydrogen) atoms. The van der Waals surface area contributed by atoms with Crippen LogP contribution in [-0.2, 0) is 88.3 Å². The van der Waals surface area contributed by atoms with Crippen molar-refractivity contribution in [2.24, 2.45) is 10.8 Å². The lowest BCUT2D eigenvalue weighted by Crippen LogP contribution is -2.34.